The van der Waals surface area contributed by atoms with Gasteiger partial charge >= 0.3 is 11.7 Å². The normalized spacial score (nSPS) is 11.6. The Bertz CT molecular complexity index is 838. The molecule has 0 aliphatic rings. The number of carbonyl (C=O) groups excluding carboxylic acids is 1. The zero-order valence-corrected chi connectivity index (χ0v) is 14.4. The molecule has 2 aromatic rings. The van der Waals surface area contributed by atoms with Gasteiger partial charge < -0.3 is 9.72 Å². The molecule has 124 valence electrons. The topological polar surface area (TPSA) is 95.8 Å². The van der Waals surface area contributed by atoms with Crippen molar-refractivity contribution in [2.24, 2.45) is 0 Å². The third-order valence-corrected chi connectivity index (χ3v) is 4.49. The van der Waals surface area contributed by atoms with Gasteiger partial charge in [0.1, 0.15) is 15.8 Å². The largest absolute Gasteiger partial charge is 0.465 e. The maximum absolute atomic E-state index is 12.0. The van der Waals surface area contributed by atoms with Gasteiger partial charge in [0.05, 0.1) is 13.2 Å². The van der Waals surface area contributed by atoms with E-state index in [0.29, 0.717) is 12.1 Å². The Balaban J connectivity index is 2.30. The number of esters is 1. The summed E-state index contributed by atoms with van der Waals surface area (Å²) in [4.78, 5) is 29.9. The number of carbonyl (C=O) groups is 1. The molecule has 1 N–H and O–H groups in total. The highest BCUT2D eigenvalue weighted by Crippen LogP contribution is 2.27. The van der Waals surface area contributed by atoms with E-state index in [9.17, 15) is 14.9 Å². The molecule has 1 heterocycles. The number of hydrogen-bond acceptors (Lipinski definition) is 6. The number of thioether (sulfide) groups is 1. The van der Waals surface area contributed by atoms with Crippen LogP contribution >= 0.6 is 11.8 Å². The lowest BCUT2D eigenvalue weighted by Crippen LogP contribution is -2.20. The summed E-state index contributed by atoms with van der Waals surface area (Å²) in [5.74, 6) is -0.592. The predicted octanol–water partition coefficient (Wildman–Crippen LogP) is 2.40. The first-order chi connectivity index (χ1) is 11.4. The van der Waals surface area contributed by atoms with Gasteiger partial charge in [-0.15, -0.1) is 0 Å². The highest BCUT2D eigenvalue weighted by atomic mass is 32.2. The maximum Gasteiger partial charge on any atom is 0.346 e. The maximum atomic E-state index is 12.0. The van der Waals surface area contributed by atoms with Crippen LogP contribution in [0.1, 0.15) is 27.2 Å². The number of methoxy groups -OCH3 is 1. The number of nitrogens with zero attached hydrogens (tertiary/aromatic N) is 2. The molecule has 0 spiro atoms. The van der Waals surface area contributed by atoms with Gasteiger partial charge in [-0.25, -0.2) is 9.59 Å². The van der Waals surface area contributed by atoms with Crippen molar-refractivity contribution < 1.29 is 9.53 Å². The van der Waals surface area contributed by atoms with Crippen LogP contribution in [0.4, 0.5) is 0 Å². The van der Waals surface area contributed by atoms with E-state index < -0.39 is 16.9 Å². The Kier molecular flexibility index (Phi) is 5.77. The van der Waals surface area contributed by atoms with Crippen LogP contribution < -0.4 is 5.69 Å². The van der Waals surface area contributed by atoms with Gasteiger partial charge in [0.2, 0.25) is 0 Å². The van der Waals surface area contributed by atoms with Crippen LogP contribution in [0.3, 0.4) is 0 Å². The number of benzene rings is 1. The third-order valence-electron chi connectivity index (χ3n) is 3.42. The van der Waals surface area contributed by atoms with Crippen LogP contribution in [-0.4, -0.2) is 28.3 Å². The molecule has 2 rings (SSSR count). The number of nitriles is 1. The van der Waals surface area contributed by atoms with E-state index in [1.807, 2.05) is 31.2 Å². The summed E-state index contributed by atoms with van der Waals surface area (Å²) in [6.45, 7) is 3.59. The van der Waals surface area contributed by atoms with Gasteiger partial charge in [-0.1, -0.05) is 41.6 Å². The fourth-order valence-electron chi connectivity index (χ4n) is 2.17. The van der Waals surface area contributed by atoms with Gasteiger partial charge in [-0.3, -0.25) is 0 Å². The molecule has 0 radical (unpaired) electrons. The molecule has 6 nitrogen and oxygen atoms in total. The molecule has 24 heavy (non-hydrogen) atoms. The molecule has 0 saturated carbocycles. The Morgan fingerprint density at radius 2 is 2.04 bits per heavy atom. The van der Waals surface area contributed by atoms with Crippen molar-refractivity contribution >= 4 is 17.7 Å². The summed E-state index contributed by atoms with van der Waals surface area (Å²) in [5, 5.41) is 9.16. The molecule has 7 heteroatoms. The highest BCUT2D eigenvalue weighted by molar-refractivity contribution is 8.00. The number of rotatable bonds is 5. The molecule has 0 amide bonds. The van der Waals surface area contributed by atoms with E-state index in [0.717, 1.165) is 22.9 Å². The molecule has 1 aromatic heterocycles. The van der Waals surface area contributed by atoms with Crippen molar-refractivity contribution in [3.05, 3.63) is 57.1 Å². The van der Waals surface area contributed by atoms with Crippen molar-refractivity contribution in [3.8, 4) is 6.07 Å². The predicted molar refractivity (Wildman–Crippen MR) is 91.1 cm³/mol. The fourth-order valence-corrected chi connectivity index (χ4v) is 3.26. The minimum atomic E-state index is -0.592. The molecular weight excluding hydrogens is 326 g/mol. The molecular formula is C17H17N3O3S. The molecule has 0 aliphatic heterocycles. The Morgan fingerprint density at radius 1 is 1.38 bits per heavy atom. The third kappa shape index (κ3) is 4.24. The average molecular weight is 343 g/mol. The van der Waals surface area contributed by atoms with E-state index in [1.54, 1.807) is 6.92 Å². The summed E-state index contributed by atoms with van der Waals surface area (Å²) in [6, 6.07) is 10.1. The monoisotopic (exact) mass is 343 g/mol. The lowest BCUT2D eigenvalue weighted by Gasteiger charge is -2.12. The number of H-pyrrole nitrogens is 1. The second kappa shape index (κ2) is 7.79. The minimum absolute atomic E-state index is 0.186. The number of aryl methyl sites for hydroxylation is 2. The van der Waals surface area contributed by atoms with Gasteiger partial charge in [0, 0.05) is 5.69 Å². The van der Waals surface area contributed by atoms with Crippen molar-refractivity contribution in [1.82, 2.24) is 9.97 Å². The Morgan fingerprint density at radius 3 is 2.62 bits per heavy atom. The van der Waals surface area contributed by atoms with Gasteiger partial charge in [-0.2, -0.15) is 10.2 Å². The molecule has 0 fully saturated rings. The summed E-state index contributed by atoms with van der Waals surface area (Å²) in [5.41, 5.74) is 2.14. The zero-order valence-electron chi connectivity index (χ0n) is 13.6. The van der Waals surface area contributed by atoms with E-state index in [4.69, 9.17) is 4.74 Å². The number of aromatic amines is 1. The number of aromatic nitrogens is 2. The molecule has 0 bridgehead atoms. The smallest absolute Gasteiger partial charge is 0.346 e. The summed E-state index contributed by atoms with van der Waals surface area (Å²) in [7, 11) is 1.26. The standard InChI is InChI=1S/C17H17N3O3S/c1-10-4-6-12(7-5-10)8-13(9-18)24-15-14(16(21)23-3)11(2)19-17(22)20-15/h4-7,13H,8H2,1-3H3,(H,19,20,22). The average Bonchev–Trinajstić information content (AvgIpc) is 2.55. The zero-order chi connectivity index (χ0) is 17.7. The van der Waals surface area contributed by atoms with Crippen molar-refractivity contribution in [2.45, 2.75) is 30.5 Å². The number of nitrogens with one attached hydrogen (secondary N) is 1. The molecule has 1 aromatic carbocycles. The lowest BCUT2D eigenvalue weighted by molar-refractivity contribution is 0.0594. The van der Waals surface area contributed by atoms with Gasteiger partial charge in [0.25, 0.3) is 0 Å². The summed E-state index contributed by atoms with van der Waals surface area (Å²) < 4.78 is 4.75. The van der Waals surface area contributed by atoms with E-state index in [1.165, 1.54) is 7.11 Å². The quantitative estimate of drug-likeness (QED) is 0.509. The second-order valence-corrected chi connectivity index (χ2v) is 6.46. The van der Waals surface area contributed by atoms with Crippen LogP contribution in [0.25, 0.3) is 0 Å². The second-order valence-electron chi connectivity index (χ2n) is 5.26. The van der Waals surface area contributed by atoms with Crippen molar-refractivity contribution in [1.29, 1.82) is 5.26 Å². The van der Waals surface area contributed by atoms with Crippen LogP contribution in [0, 0.1) is 25.2 Å². The molecule has 0 aliphatic carbocycles. The van der Waals surface area contributed by atoms with E-state index in [2.05, 4.69) is 16.0 Å². The number of ether oxygens (including phenoxy) is 1. The molecule has 0 saturated heterocycles. The summed E-state index contributed by atoms with van der Waals surface area (Å²) >= 11 is 1.09. The Hall–Kier alpha value is -2.59. The van der Waals surface area contributed by atoms with Crippen LogP contribution in [-0.2, 0) is 11.2 Å². The van der Waals surface area contributed by atoms with Crippen LogP contribution in [0.15, 0.2) is 34.1 Å². The molecule has 1 atom stereocenters. The highest BCUT2D eigenvalue weighted by Gasteiger charge is 2.22. The fraction of sp³-hybridized carbons (Fsp3) is 0.294. The van der Waals surface area contributed by atoms with E-state index in [-0.39, 0.29) is 10.6 Å². The van der Waals surface area contributed by atoms with Crippen LogP contribution in [0.2, 0.25) is 0 Å². The first-order valence-electron chi connectivity index (χ1n) is 7.25. The van der Waals surface area contributed by atoms with Gasteiger partial charge in [0.15, 0.2) is 0 Å². The van der Waals surface area contributed by atoms with Crippen LogP contribution in [0.5, 0.6) is 0 Å². The van der Waals surface area contributed by atoms with Crippen molar-refractivity contribution in [3.63, 3.8) is 0 Å². The first-order valence-corrected chi connectivity index (χ1v) is 8.13. The van der Waals surface area contributed by atoms with Gasteiger partial charge in [-0.05, 0) is 25.8 Å². The number of hydrogen-bond donors (Lipinski definition) is 1. The summed E-state index contributed by atoms with van der Waals surface area (Å²) in [6.07, 6.45) is 0.482. The lowest BCUT2D eigenvalue weighted by atomic mass is 10.1. The molecule has 1 unspecified atom stereocenters. The first kappa shape index (κ1) is 17.8. The van der Waals surface area contributed by atoms with Crippen molar-refractivity contribution in [2.75, 3.05) is 7.11 Å². The minimum Gasteiger partial charge on any atom is -0.465 e. The van der Waals surface area contributed by atoms with E-state index >= 15 is 0 Å². The Labute approximate surface area is 143 Å². The SMILES string of the molecule is COC(=O)c1c(SC(C#N)Cc2ccc(C)cc2)nc(=O)[nH]c1C.